The Morgan fingerprint density at radius 3 is 2.81 bits per heavy atom. The van der Waals surface area contributed by atoms with Gasteiger partial charge in [-0.3, -0.25) is 0 Å². The predicted molar refractivity (Wildman–Crippen MR) is 62.2 cm³/mol. The summed E-state index contributed by atoms with van der Waals surface area (Å²) < 4.78 is 24.4. The van der Waals surface area contributed by atoms with Gasteiger partial charge in [-0.05, 0) is 23.9 Å². The summed E-state index contributed by atoms with van der Waals surface area (Å²) in [7, 11) is 0. The van der Waals surface area contributed by atoms with Crippen molar-refractivity contribution in [2.75, 3.05) is 0 Å². The first-order chi connectivity index (χ1) is 7.65. The molecule has 0 unspecified atom stereocenters. The van der Waals surface area contributed by atoms with Crippen molar-refractivity contribution in [1.29, 1.82) is 0 Å². The molecule has 0 aliphatic carbocycles. The Labute approximate surface area is 104 Å². The standard InChI is InChI=1S/C9H5ClF2N2S2/c10-6-3-1-2-5(4-6)7-13-14-9(15-7)16-8(11)12/h1-4,8H. The second-order valence-electron chi connectivity index (χ2n) is 2.76. The van der Waals surface area contributed by atoms with Gasteiger partial charge in [-0.1, -0.05) is 35.1 Å². The largest absolute Gasteiger partial charge is 0.291 e. The van der Waals surface area contributed by atoms with E-state index in [1.807, 2.05) is 6.07 Å². The number of alkyl halides is 2. The van der Waals surface area contributed by atoms with Crippen LogP contribution < -0.4 is 0 Å². The van der Waals surface area contributed by atoms with Gasteiger partial charge in [0, 0.05) is 10.6 Å². The van der Waals surface area contributed by atoms with Gasteiger partial charge < -0.3 is 0 Å². The molecule has 1 aromatic heterocycles. The summed E-state index contributed by atoms with van der Waals surface area (Å²) in [5.74, 6) is -2.47. The van der Waals surface area contributed by atoms with Gasteiger partial charge in [0.15, 0.2) is 4.34 Å². The zero-order chi connectivity index (χ0) is 11.5. The molecule has 84 valence electrons. The second kappa shape index (κ2) is 5.07. The molecule has 0 N–H and O–H groups in total. The number of aromatic nitrogens is 2. The third-order valence-electron chi connectivity index (χ3n) is 1.67. The molecule has 0 fully saturated rings. The van der Waals surface area contributed by atoms with Crippen molar-refractivity contribution in [2.24, 2.45) is 0 Å². The van der Waals surface area contributed by atoms with Crippen molar-refractivity contribution < 1.29 is 8.78 Å². The molecule has 0 spiro atoms. The lowest BCUT2D eigenvalue weighted by Crippen LogP contribution is -1.79. The number of thioether (sulfide) groups is 1. The van der Waals surface area contributed by atoms with Crippen LogP contribution in [-0.4, -0.2) is 16.0 Å². The Balaban J connectivity index is 2.24. The molecule has 0 aliphatic rings. The summed E-state index contributed by atoms with van der Waals surface area (Å²) in [6.45, 7) is 0. The monoisotopic (exact) mass is 278 g/mol. The Hall–Kier alpha value is -0.720. The van der Waals surface area contributed by atoms with Gasteiger partial charge in [-0.15, -0.1) is 10.2 Å². The molecule has 0 radical (unpaired) electrons. The molecule has 0 saturated heterocycles. The molecule has 2 aromatic rings. The number of hydrogen-bond acceptors (Lipinski definition) is 4. The minimum Gasteiger partial charge on any atom is -0.197 e. The minimum absolute atomic E-state index is 0.255. The highest BCUT2D eigenvalue weighted by Crippen LogP contribution is 2.32. The highest BCUT2D eigenvalue weighted by atomic mass is 35.5. The van der Waals surface area contributed by atoms with E-state index in [0.29, 0.717) is 21.8 Å². The first-order valence-corrected chi connectivity index (χ1v) is 6.27. The fourth-order valence-corrected chi connectivity index (χ4v) is 2.72. The van der Waals surface area contributed by atoms with Crippen LogP contribution in [-0.2, 0) is 0 Å². The molecule has 1 aromatic carbocycles. The van der Waals surface area contributed by atoms with Gasteiger partial charge in [-0.2, -0.15) is 8.78 Å². The number of halogens is 3. The third-order valence-corrected chi connectivity index (χ3v) is 3.67. The van der Waals surface area contributed by atoms with Gasteiger partial charge in [-0.25, -0.2) is 0 Å². The molecule has 0 saturated carbocycles. The van der Waals surface area contributed by atoms with Crippen molar-refractivity contribution in [3.8, 4) is 10.6 Å². The SMILES string of the molecule is FC(F)Sc1nnc(-c2cccc(Cl)c2)s1. The molecule has 7 heteroatoms. The van der Waals surface area contributed by atoms with Crippen LogP contribution in [0.15, 0.2) is 28.6 Å². The average molecular weight is 279 g/mol. The van der Waals surface area contributed by atoms with E-state index >= 15 is 0 Å². The number of hydrogen-bond donors (Lipinski definition) is 0. The lowest BCUT2D eigenvalue weighted by molar-refractivity contribution is 0.252. The molecule has 1 heterocycles. The maximum atomic E-state index is 12.1. The van der Waals surface area contributed by atoms with E-state index in [9.17, 15) is 8.78 Å². The Kier molecular flexibility index (Phi) is 3.73. The van der Waals surface area contributed by atoms with Gasteiger partial charge in [0.2, 0.25) is 0 Å². The number of nitrogens with zero attached hydrogens (tertiary/aromatic N) is 2. The summed E-state index contributed by atoms with van der Waals surface area (Å²) in [5, 5.41) is 8.68. The average Bonchev–Trinajstić information content (AvgIpc) is 2.65. The molecular weight excluding hydrogens is 274 g/mol. The molecule has 0 aliphatic heterocycles. The lowest BCUT2D eigenvalue weighted by Gasteiger charge is -1.94. The molecule has 2 rings (SSSR count). The van der Waals surface area contributed by atoms with Crippen LogP contribution in [0.4, 0.5) is 8.78 Å². The van der Waals surface area contributed by atoms with Crippen molar-refractivity contribution in [3.63, 3.8) is 0 Å². The van der Waals surface area contributed by atoms with E-state index in [0.717, 1.165) is 16.9 Å². The second-order valence-corrected chi connectivity index (χ2v) is 5.41. The van der Waals surface area contributed by atoms with E-state index < -0.39 is 5.76 Å². The highest BCUT2D eigenvalue weighted by Gasteiger charge is 2.12. The highest BCUT2D eigenvalue weighted by molar-refractivity contribution is 8.01. The lowest BCUT2D eigenvalue weighted by atomic mass is 10.2. The normalized spacial score (nSPS) is 11.0. The topological polar surface area (TPSA) is 25.8 Å². The van der Waals surface area contributed by atoms with Crippen molar-refractivity contribution >= 4 is 34.7 Å². The summed E-state index contributed by atoms with van der Waals surface area (Å²) in [6, 6.07) is 7.04. The Morgan fingerprint density at radius 1 is 1.31 bits per heavy atom. The molecule has 2 nitrogen and oxygen atoms in total. The zero-order valence-electron chi connectivity index (χ0n) is 7.73. The van der Waals surface area contributed by atoms with Crippen molar-refractivity contribution in [2.45, 2.75) is 10.1 Å². The van der Waals surface area contributed by atoms with Crippen molar-refractivity contribution in [3.05, 3.63) is 29.3 Å². The van der Waals surface area contributed by atoms with Crippen LogP contribution in [0.25, 0.3) is 10.6 Å². The van der Waals surface area contributed by atoms with Gasteiger partial charge in [0.25, 0.3) is 5.76 Å². The van der Waals surface area contributed by atoms with E-state index in [1.165, 1.54) is 0 Å². The zero-order valence-corrected chi connectivity index (χ0v) is 10.1. The summed E-state index contributed by atoms with van der Waals surface area (Å²) in [4.78, 5) is 0. The van der Waals surface area contributed by atoms with Crippen LogP contribution in [0, 0.1) is 0 Å². The maximum Gasteiger partial charge on any atom is 0.291 e. The Bertz CT molecular complexity index is 490. The maximum absolute atomic E-state index is 12.1. The molecule has 0 bridgehead atoms. The Morgan fingerprint density at radius 2 is 2.12 bits per heavy atom. The molecular formula is C9H5ClF2N2S2. The van der Waals surface area contributed by atoms with Gasteiger partial charge in [0.1, 0.15) is 5.01 Å². The van der Waals surface area contributed by atoms with Gasteiger partial charge >= 0.3 is 0 Å². The quantitative estimate of drug-likeness (QED) is 0.788. The minimum atomic E-state index is -2.47. The fourth-order valence-electron chi connectivity index (χ4n) is 1.07. The number of benzene rings is 1. The first kappa shape index (κ1) is 11.8. The van der Waals surface area contributed by atoms with E-state index in [4.69, 9.17) is 11.6 Å². The van der Waals surface area contributed by atoms with E-state index in [2.05, 4.69) is 10.2 Å². The van der Waals surface area contributed by atoms with E-state index in [-0.39, 0.29) is 4.34 Å². The predicted octanol–water partition coefficient (Wildman–Crippen LogP) is 4.17. The van der Waals surface area contributed by atoms with Gasteiger partial charge in [0.05, 0.1) is 0 Å². The van der Waals surface area contributed by atoms with Crippen LogP contribution >= 0.6 is 34.7 Å². The van der Waals surface area contributed by atoms with Crippen LogP contribution in [0.1, 0.15) is 0 Å². The molecule has 0 atom stereocenters. The summed E-state index contributed by atoms with van der Waals surface area (Å²) >= 11 is 7.34. The third kappa shape index (κ3) is 2.90. The van der Waals surface area contributed by atoms with E-state index in [1.54, 1.807) is 18.2 Å². The van der Waals surface area contributed by atoms with Crippen LogP contribution in [0.3, 0.4) is 0 Å². The first-order valence-electron chi connectivity index (χ1n) is 4.19. The fraction of sp³-hybridized carbons (Fsp3) is 0.111. The van der Waals surface area contributed by atoms with Crippen LogP contribution in [0.5, 0.6) is 0 Å². The van der Waals surface area contributed by atoms with Crippen LogP contribution in [0.2, 0.25) is 5.02 Å². The smallest absolute Gasteiger partial charge is 0.197 e. The molecule has 0 amide bonds. The molecule has 16 heavy (non-hydrogen) atoms. The summed E-state index contributed by atoms with van der Waals surface area (Å²) in [6.07, 6.45) is 0. The number of rotatable bonds is 3. The van der Waals surface area contributed by atoms with Crippen molar-refractivity contribution in [1.82, 2.24) is 10.2 Å². The summed E-state index contributed by atoms with van der Waals surface area (Å²) in [5.41, 5.74) is 0.783.